The number of hydrogen-bond acceptors (Lipinski definition) is 5. The zero-order valence-electron chi connectivity index (χ0n) is 15.0. The van der Waals surface area contributed by atoms with Crippen molar-refractivity contribution < 1.29 is 9.59 Å². The molecule has 0 saturated carbocycles. The van der Waals surface area contributed by atoms with Gasteiger partial charge in [0.2, 0.25) is 0 Å². The van der Waals surface area contributed by atoms with Crippen LogP contribution in [0.4, 0.5) is 11.4 Å². The number of rotatable bonds is 4. The van der Waals surface area contributed by atoms with Crippen LogP contribution in [0.15, 0.2) is 72.8 Å². The van der Waals surface area contributed by atoms with E-state index in [2.05, 4.69) is 14.9 Å². The number of nitrogens with zero attached hydrogens (tertiary/aromatic N) is 3. The number of carbonyl (C=O) groups excluding carboxylic acids is 2. The second kappa shape index (κ2) is 7.58. The van der Waals surface area contributed by atoms with Crippen LogP contribution < -0.4 is 10.2 Å². The van der Waals surface area contributed by atoms with Crippen molar-refractivity contribution in [1.82, 2.24) is 9.59 Å². The summed E-state index contributed by atoms with van der Waals surface area (Å²) in [5.74, 6) is -0.423. The topological polar surface area (TPSA) is 75.2 Å². The summed E-state index contributed by atoms with van der Waals surface area (Å²) in [4.78, 5) is 26.9. The molecule has 7 heteroatoms. The maximum atomic E-state index is 12.8. The summed E-state index contributed by atoms with van der Waals surface area (Å²) in [6.45, 7) is 0. The van der Waals surface area contributed by atoms with Crippen molar-refractivity contribution in [3.63, 3.8) is 0 Å². The van der Waals surface area contributed by atoms with Gasteiger partial charge in [-0.2, -0.15) is 0 Å². The van der Waals surface area contributed by atoms with Gasteiger partial charge < -0.3 is 10.2 Å². The van der Waals surface area contributed by atoms with E-state index in [0.717, 1.165) is 10.4 Å². The van der Waals surface area contributed by atoms with Crippen LogP contribution in [0.25, 0.3) is 10.2 Å². The Morgan fingerprint density at radius 1 is 0.929 bits per heavy atom. The lowest BCUT2D eigenvalue weighted by Gasteiger charge is -2.17. The number of nitrogens with one attached hydrogen (secondary N) is 1. The number of benzene rings is 3. The van der Waals surface area contributed by atoms with Gasteiger partial charge in [0.1, 0.15) is 5.52 Å². The van der Waals surface area contributed by atoms with E-state index < -0.39 is 0 Å². The van der Waals surface area contributed by atoms with Gasteiger partial charge in [0.05, 0.1) is 4.70 Å². The molecule has 6 nitrogen and oxygen atoms in total. The zero-order valence-corrected chi connectivity index (χ0v) is 15.8. The van der Waals surface area contributed by atoms with Crippen LogP contribution in [0.2, 0.25) is 0 Å². The Balaban J connectivity index is 1.53. The molecule has 0 radical (unpaired) electrons. The van der Waals surface area contributed by atoms with Crippen molar-refractivity contribution in [2.45, 2.75) is 0 Å². The van der Waals surface area contributed by atoms with Gasteiger partial charge in [-0.1, -0.05) is 28.8 Å². The minimum Gasteiger partial charge on any atom is -0.322 e. The van der Waals surface area contributed by atoms with Gasteiger partial charge in [-0.05, 0) is 60.1 Å². The quantitative estimate of drug-likeness (QED) is 0.568. The Labute approximate surface area is 165 Å². The molecule has 0 aliphatic rings. The number of anilines is 2. The zero-order chi connectivity index (χ0) is 19.5. The molecule has 138 valence electrons. The maximum Gasteiger partial charge on any atom is 0.258 e. The highest BCUT2D eigenvalue weighted by Crippen LogP contribution is 2.20. The minimum atomic E-state index is -0.268. The van der Waals surface area contributed by atoms with Crippen LogP contribution in [0, 0.1) is 0 Å². The summed E-state index contributed by atoms with van der Waals surface area (Å²) in [5.41, 5.74) is 3.01. The highest BCUT2D eigenvalue weighted by Gasteiger charge is 2.15. The SMILES string of the molecule is CN(C(=O)c1cccc(NC(=O)c2ccc3snnc3c2)c1)c1ccccc1. The van der Waals surface area contributed by atoms with Gasteiger partial charge in [0.15, 0.2) is 0 Å². The van der Waals surface area contributed by atoms with E-state index in [1.807, 2.05) is 36.4 Å². The Morgan fingerprint density at radius 3 is 2.57 bits per heavy atom. The average Bonchev–Trinajstić information content (AvgIpc) is 3.21. The van der Waals surface area contributed by atoms with Gasteiger partial charge in [0, 0.05) is 29.5 Å². The molecule has 0 atom stereocenters. The van der Waals surface area contributed by atoms with Gasteiger partial charge in [-0.3, -0.25) is 9.59 Å². The minimum absolute atomic E-state index is 0.155. The average molecular weight is 388 g/mol. The second-order valence-corrected chi connectivity index (χ2v) is 6.98. The van der Waals surface area contributed by atoms with E-state index in [-0.39, 0.29) is 11.8 Å². The third kappa shape index (κ3) is 3.60. The molecule has 1 N–H and O–H groups in total. The van der Waals surface area contributed by atoms with Crippen LogP contribution >= 0.6 is 11.5 Å². The molecule has 0 fully saturated rings. The van der Waals surface area contributed by atoms with Gasteiger partial charge in [-0.15, -0.1) is 5.10 Å². The van der Waals surface area contributed by atoms with Crippen LogP contribution in [0.1, 0.15) is 20.7 Å². The first kappa shape index (κ1) is 17.8. The predicted octanol–water partition coefficient (Wildman–Crippen LogP) is 4.22. The molecule has 0 saturated heterocycles. The van der Waals surface area contributed by atoms with Crippen LogP contribution in [-0.4, -0.2) is 28.4 Å². The van der Waals surface area contributed by atoms with Crippen molar-refractivity contribution in [3.8, 4) is 0 Å². The Kier molecular flexibility index (Phi) is 4.82. The summed E-state index contributed by atoms with van der Waals surface area (Å²) in [7, 11) is 1.72. The summed E-state index contributed by atoms with van der Waals surface area (Å²) >= 11 is 1.28. The fourth-order valence-corrected chi connectivity index (χ4v) is 3.36. The highest BCUT2D eigenvalue weighted by atomic mass is 32.1. The molecule has 0 aliphatic carbocycles. The third-order valence-corrected chi connectivity index (χ3v) is 5.03. The Hall–Kier alpha value is -3.58. The van der Waals surface area contributed by atoms with E-state index in [0.29, 0.717) is 22.3 Å². The smallest absolute Gasteiger partial charge is 0.258 e. The number of aromatic nitrogens is 2. The summed E-state index contributed by atoms with van der Waals surface area (Å²) in [5, 5.41) is 6.83. The summed E-state index contributed by atoms with van der Waals surface area (Å²) < 4.78 is 4.80. The molecule has 0 aliphatic heterocycles. The first-order chi connectivity index (χ1) is 13.6. The lowest BCUT2D eigenvalue weighted by Crippen LogP contribution is -2.26. The molecular formula is C21H16N4O2S. The van der Waals surface area contributed by atoms with Gasteiger partial charge in [0.25, 0.3) is 11.8 Å². The predicted molar refractivity (Wildman–Crippen MR) is 111 cm³/mol. The van der Waals surface area contributed by atoms with E-state index in [1.54, 1.807) is 48.3 Å². The summed E-state index contributed by atoms with van der Waals surface area (Å²) in [6, 6.07) is 21.5. The standard InChI is InChI=1S/C21H16N4O2S/c1-25(17-8-3-2-4-9-17)21(27)15-6-5-7-16(12-15)22-20(26)14-10-11-19-18(13-14)23-24-28-19/h2-13H,1H3,(H,22,26). The first-order valence-electron chi connectivity index (χ1n) is 8.58. The number of hydrogen-bond donors (Lipinski definition) is 1. The van der Waals surface area contributed by atoms with E-state index >= 15 is 0 Å². The number of carbonyl (C=O) groups is 2. The molecule has 28 heavy (non-hydrogen) atoms. The normalized spacial score (nSPS) is 10.6. The molecule has 1 aromatic heterocycles. The largest absolute Gasteiger partial charge is 0.322 e. The molecule has 1 heterocycles. The first-order valence-corrected chi connectivity index (χ1v) is 9.36. The Bertz CT molecular complexity index is 1160. The van der Waals surface area contributed by atoms with Crippen molar-refractivity contribution in [3.05, 3.63) is 83.9 Å². The van der Waals surface area contributed by atoms with Crippen molar-refractivity contribution in [2.24, 2.45) is 0 Å². The molecule has 2 amide bonds. The molecule has 4 aromatic rings. The summed E-state index contributed by atoms with van der Waals surface area (Å²) in [6.07, 6.45) is 0. The fraction of sp³-hybridized carbons (Fsp3) is 0.0476. The van der Waals surface area contributed by atoms with E-state index in [1.165, 1.54) is 11.5 Å². The Morgan fingerprint density at radius 2 is 1.75 bits per heavy atom. The monoisotopic (exact) mass is 388 g/mol. The van der Waals surface area contributed by atoms with Crippen LogP contribution in [0.3, 0.4) is 0 Å². The van der Waals surface area contributed by atoms with Crippen LogP contribution in [0.5, 0.6) is 0 Å². The van der Waals surface area contributed by atoms with Crippen molar-refractivity contribution in [2.75, 3.05) is 17.3 Å². The third-order valence-electron chi connectivity index (χ3n) is 4.32. The molecule has 0 bridgehead atoms. The van der Waals surface area contributed by atoms with Gasteiger partial charge >= 0.3 is 0 Å². The molecule has 3 aromatic carbocycles. The lowest BCUT2D eigenvalue weighted by molar-refractivity contribution is 0.0990. The van der Waals surface area contributed by atoms with E-state index in [4.69, 9.17) is 0 Å². The maximum absolute atomic E-state index is 12.8. The van der Waals surface area contributed by atoms with Crippen molar-refractivity contribution in [1.29, 1.82) is 0 Å². The van der Waals surface area contributed by atoms with E-state index in [9.17, 15) is 9.59 Å². The second-order valence-electron chi connectivity index (χ2n) is 6.19. The fourth-order valence-electron chi connectivity index (χ4n) is 2.82. The van der Waals surface area contributed by atoms with Crippen LogP contribution in [-0.2, 0) is 0 Å². The molecule has 4 rings (SSSR count). The van der Waals surface area contributed by atoms with Gasteiger partial charge in [-0.25, -0.2) is 0 Å². The molecule has 0 spiro atoms. The highest BCUT2D eigenvalue weighted by molar-refractivity contribution is 7.12. The number of fused-ring (bicyclic) bond motifs is 1. The molecule has 0 unspecified atom stereocenters. The molecular weight excluding hydrogens is 372 g/mol. The van der Waals surface area contributed by atoms with Crippen molar-refractivity contribution >= 4 is 44.9 Å². The number of para-hydroxylation sites is 1. The number of amides is 2. The lowest BCUT2D eigenvalue weighted by atomic mass is 10.1.